The van der Waals surface area contributed by atoms with E-state index < -0.39 is 11.5 Å². The number of rotatable bonds is 5. The lowest BCUT2D eigenvalue weighted by molar-refractivity contribution is -0.137. The SMILES string of the molecule is Cc1nc(NC(=O)NC(C)(C)CCC(=O)O)sc1C. The quantitative estimate of drug-likeness (QED) is 0.775. The first-order chi connectivity index (χ1) is 8.69. The zero-order valence-corrected chi connectivity index (χ0v) is 12.3. The van der Waals surface area contributed by atoms with Gasteiger partial charge in [0.05, 0.1) is 5.69 Å². The Hall–Kier alpha value is -1.63. The van der Waals surface area contributed by atoms with Crippen LogP contribution in [0.3, 0.4) is 0 Å². The Morgan fingerprint density at radius 2 is 2.00 bits per heavy atom. The molecule has 0 atom stereocenters. The Morgan fingerprint density at radius 1 is 1.37 bits per heavy atom. The molecule has 6 nitrogen and oxygen atoms in total. The highest BCUT2D eigenvalue weighted by atomic mass is 32.1. The van der Waals surface area contributed by atoms with Crippen LogP contribution in [0.2, 0.25) is 0 Å². The topological polar surface area (TPSA) is 91.3 Å². The third-order valence-corrected chi connectivity index (χ3v) is 3.65. The van der Waals surface area contributed by atoms with E-state index in [4.69, 9.17) is 5.11 Å². The van der Waals surface area contributed by atoms with Gasteiger partial charge in [-0.05, 0) is 34.1 Å². The first-order valence-corrected chi connectivity index (χ1v) is 6.76. The molecule has 7 heteroatoms. The molecule has 0 bridgehead atoms. The summed E-state index contributed by atoms with van der Waals surface area (Å²) in [5.41, 5.74) is 0.314. The number of aromatic nitrogens is 1. The number of thiazole rings is 1. The first kappa shape index (κ1) is 15.4. The molecular formula is C12H19N3O3S. The smallest absolute Gasteiger partial charge is 0.321 e. The van der Waals surface area contributed by atoms with Gasteiger partial charge in [-0.25, -0.2) is 9.78 Å². The van der Waals surface area contributed by atoms with Gasteiger partial charge in [0.25, 0.3) is 0 Å². The van der Waals surface area contributed by atoms with Crippen molar-refractivity contribution in [2.24, 2.45) is 0 Å². The van der Waals surface area contributed by atoms with Crippen molar-refractivity contribution in [1.82, 2.24) is 10.3 Å². The van der Waals surface area contributed by atoms with Gasteiger partial charge >= 0.3 is 12.0 Å². The summed E-state index contributed by atoms with van der Waals surface area (Å²) in [4.78, 5) is 27.6. The van der Waals surface area contributed by atoms with E-state index in [0.717, 1.165) is 10.6 Å². The zero-order valence-electron chi connectivity index (χ0n) is 11.5. The molecule has 0 unspecified atom stereocenters. The van der Waals surface area contributed by atoms with Crippen LogP contribution in [0.25, 0.3) is 0 Å². The predicted octanol–water partition coefficient (Wildman–Crippen LogP) is 2.52. The van der Waals surface area contributed by atoms with E-state index in [1.165, 1.54) is 11.3 Å². The van der Waals surface area contributed by atoms with Crippen LogP contribution in [0.4, 0.5) is 9.93 Å². The minimum absolute atomic E-state index is 0.0166. The summed E-state index contributed by atoms with van der Waals surface area (Å²) in [5, 5.41) is 14.6. The number of nitrogens with zero attached hydrogens (tertiary/aromatic N) is 1. The number of aryl methyl sites for hydroxylation is 2. The minimum Gasteiger partial charge on any atom is -0.481 e. The summed E-state index contributed by atoms with van der Waals surface area (Å²) in [6.07, 6.45) is 0.383. The number of amides is 2. The Kier molecular flexibility index (Phi) is 4.88. The highest BCUT2D eigenvalue weighted by Crippen LogP contribution is 2.21. The van der Waals surface area contributed by atoms with Crippen molar-refractivity contribution in [3.63, 3.8) is 0 Å². The van der Waals surface area contributed by atoms with Gasteiger partial charge in [0.2, 0.25) is 0 Å². The van der Waals surface area contributed by atoms with E-state index in [1.54, 1.807) is 13.8 Å². The fraction of sp³-hybridized carbons (Fsp3) is 0.583. The maximum atomic E-state index is 11.8. The molecule has 0 aliphatic carbocycles. The fourth-order valence-corrected chi connectivity index (χ4v) is 2.25. The molecule has 1 aromatic rings. The van der Waals surface area contributed by atoms with Crippen LogP contribution in [0.15, 0.2) is 0 Å². The molecule has 0 radical (unpaired) electrons. The number of hydrogen-bond donors (Lipinski definition) is 3. The number of carboxylic acid groups (broad SMARTS) is 1. The maximum Gasteiger partial charge on any atom is 0.321 e. The average molecular weight is 285 g/mol. The number of carbonyl (C=O) groups excluding carboxylic acids is 1. The van der Waals surface area contributed by atoms with Crippen LogP contribution in [0.1, 0.15) is 37.3 Å². The number of nitrogens with one attached hydrogen (secondary N) is 2. The van der Waals surface area contributed by atoms with E-state index in [2.05, 4.69) is 15.6 Å². The normalized spacial score (nSPS) is 11.2. The van der Waals surface area contributed by atoms with E-state index in [9.17, 15) is 9.59 Å². The number of aliphatic carboxylic acids is 1. The van der Waals surface area contributed by atoms with Gasteiger partial charge in [0, 0.05) is 16.8 Å². The lowest BCUT2D eigenvalue weighted by atomic mass is 9.99. The van der Waals surface area contributed by atoms with Crippen molar-refractivity contribution >= 4 is 28.5 Å². The second-order valence-electron chi connectivity index (χ2n) is 5.02. The summed E-state index contributed by atoms with van der Waals surface area (Å²) in [6, 6.07) is -0.371. The van der Waals surface area contributed by atoms with Crippen LogP contribution in [-0.4, -0.2) is 27.6 Å². The monoisotopic (exact) mass is 285 g/mol. The second kappa shape index (κ2) is 6.01. The van der Waals surface area contributed by atoms with Gasteiger partial charge < -0.3 is 10.4 Å². The third kappa shape index (κ3) is 5.25. The summed E-state index contributed by atoms with van der Waals surface area (Å²) in [5.74, 6) is -0.874. The minimum atomic E-state index is -0.874. The average Bonchev–Trinajstić information content (AvgIpc) is 2.54. The van der Waals surface area contributed by atoms with Crippen LogP contribution < -0.4 is 10.6 Å². The lowest BCUT2D eigenvalue weighted by Crippen LogP contribution is -2.45. The Bertz CT molecular complexity index is 463. The van der Waals surface area contributed by atoms with Crippen molar-refractivity contribution < 1.29 is 14.7 Å². The van der Waals surface area contributed by atoms with Crippen molar-refractivity contribution in [2.75, 3.05) is 5.32 Å². The Balaban J connectivity index is 2.52. The molecular weight excluding hydrogens is 266 g/mol. The van der Waals surface area contributed by atoms with Crippen LogP contribution in [0.5, 0.6) is 0 Å². The number of urea groups is 1. The highest BCUT2D eigenvalue weighted by Gasteiger charge is 2.22. The molecule has 1 aromatic heterocycles. The Labute approximate surface area is 116 Å². The Morgan fingerprint density at radius 3 is 2.47 bits per heavy atom. The molecule has 0 aromatic carbocycles. The molecule has 1 heterocycles. The van der Waals surface area contributed by atoms with Crippen molar-refractivity contribution in [1.29, 1.82) is 0 Å². The molecule has 0 saturated carbocycles. The molecule has 0 saturated heterocycles. The molecule has 0 spiro atoms. The summed E-state index contributed by atoms with van der Waals surface area (Å²) < 4.78 is 0. The zero-order chi connectivity index (χ0) is 14.6. The largest absolute Gasteiger partial charge is 0.481 e. The third-order valence-electron chi connectivity index (χ3n) is 2.66. The van der Waals surface area contributed by atoms with E-state index in [1.807, 2.05) is 13.8 Å². The molecule has 106 valence electrons. The summed E-state index contributed by atoms with van der Waals surface area (Å²) in [6.45, 7) is 7.39. The number of anilines is 1. The summed E-state index contributed by atoms with van der Waals surface area (Å²) in [7, 11) is 0. The van der Waals surface area contributed by atoms with Crippen LogP contribution in [0, 0.1) is 13.8 Å². The molecule has 0 fully saturated rings. The fourth-order valence-electron chi connectivity index (χ4n) is 1.44. The van der Waals surface area contributed by atoms with Gasteiger partial charge in [-0.1, -0.05) is 0 Å². The van der Waals surface area contributed by atoms with E-state index in [-0.39, 0.29) is 12.5 Å². The summed E-state index contributed by atoms with van der Waals surface area (Å²) >= 11 is 1.41. The van der Waals surface area contributed by atoms with Gasteiger partial charge in [0.1, 0.15) is 0 Å². The molecule has 0 aliphatic rings. The maximum absolute atomic E-state index is 11.8. The molecule has 2 amide bonds. The van der Waals surface area contributed by atoms with E-state index >= 15 is 0 Å². The van der Waals surface area contributed by atoms with Crippen molar-refractivity contribution in [3.8, 4) is 0 Å². The van der Waals surface area contributed by atoms with Gasteiger partial charge in [-0.15, -0.1) is 11.3 Å². The van der Waals surface area contributed by atoms with E-state index in [0.29, 0.717) is 11.6 Å². The first-order valence-electron chi connectivity index (χ1n) is 5.94. The predicted molar refractivity (Wildman–Crippen MR) is 74.7 cm³/mol. The molecule has 19 heavy (non-hydrogen) atoms. The number of hydrogen-bond acceptors (Lipinski definition) is 4. The van der Waals surface area contributed by atoms with Gasteiger partial charge in [-0.2, -0.15) is 0 Å². The lowest BCUT2D eigenvalue weighted by Gasteiger charge is -2.25. The van der Waals surface area contributed by atoms with Gasteiger partial charge in [-0.3, -0.25) is 10.1 Å². The second-order valence-corrected chi connectivity index (χ2v) is 6.22. The van der Waals surface area contributed by atoms with Crippen molar-refractivity contribution in [2.45, 2.75) is 46.1 Å². The highest BCUT2D eigenvalue weighted by molar-refractivity contribution is 7.15. The molecule has 3 N–H and O–H groups in total. The molecule has 0 aliphatic heterocycles. The molecule has 1 rings (SSSR count). The number of carboxylic acids is 1. The van der Waals surface area contributed by atoms with Crippen LogP contribution in [-0.2, 0) is 4.79 Å². The van der Waals surface area contributed by atoms with Crippen LogP contribution >= 0.6 is 11.3 Å². The van der Waals surface area contributed by atoms with Gasteiger partial charge in [0.15, 0.2) is 5.13 Å². The van der Waals surface area contributed by atoms with Crippen molar-refractivity contribution in [3.05, 3.63) is 10.6 Å². The number of carbonyl (C=O) groups is 2. The standard InChI is InChI=1S/C12H19N3O3S/c1-7-8(2)19-11(13-7)14-10(18)15-12(3,4)6-5-9(16)17/h5-6H2,1-4H3,(H,16,17)(H2,13,14,15,18).